The fraction of sp³-hybridized carbons (Fsp3) is 0.438. The van der Waals surface area contributed by atoms with Crippen molar-refractivity contribution in [3.05, 3.63) is 40.8 Å². The second-order valence-electron chi connectivity index (χ2n) is 5.72. The maximum atomic E-state index is 12.5. The Labute approximate surface area is 122 Å². The third-order valence-electron chi connectivity index (χ3n) is 4.33. The van der Waals surface area contributed by atoms with Crippen molar-refractivity contribution in [2.45, 2.75) is 38.1 Å². The Morgan fingerprint density at radius 1 is 1.33 bits per heavy atom. The second-order valence-corrected chi connectivity index (χ2v) is 5.72. The first-order valence-corrected chi connectivity index (χ1v) is 7.36. The number of carbonyl (C=O) groups is 1. The number of hydrogen-bond donors (Lipinski definition) is 1. The average molecular weight is 286 g/mol. The highest BCUT2D eigenvalue weighted by molar-refractivity contribution is 5.81. The Bertz CT molecular complexity index is 717. The summed E-state index contributed by atoms with van der Waals surface area (Å²) in [6.45, 7) is 0. The number of aliphatic carboxylic acids is 1. The molecule has 1 aromatic heterocycles. The first kappa shape index (κ1) is 13.8. The van der Waals surface area contributed by atoms with Gasteiger partial charge in [0.1, 0.15) is 0 Å². The molecular weight excluding hydrogens is 268 g/mol. The van der Waals surface area contributed by atoms with Crippen molar-refractivity contribution in [1.29, 1.82) is 0 Å². The lowest BCUT2D eigenvalue weighted by Crippen LogP contribution is -2.33. The van der Waals surface area contributed by atoms with Gasteiger partial charge in [-0.1, -0.05) is 43.9 Å². The Kier molecular flexibility index (Phi) is 3.73. The van der Waals surface area contributed by atoms with Crippen molar-refractivity contribution in [2.24, 2.45) is 5.92 Å². The van der Waals surface area contributed by atoms with Crippen molar-refractivity contribution in [1.82, 2.24) is 9.78 Å². The fourth-order valence-corrected chi connectivity index (χ4v) is 3.19. The molecule has 5 heteroatoms. The summed E-state index contributed by atoms with van der Waals surface area (Å²) in [5.41, 5.74) is -0.321. The molecule has 3 rings (SSSR count). The largest absolute Gasteiger partial charge is 0.480 e. The summed E-state index contributed by atoms with van der Waals surface area (Å²) in [5.74, 6) is -0.599. The van der Waals surface area contributed by atoms with E-state index in [1.54, 1.807) is 24.4 Å². The minimum Gasteiger partial charge on any atom is -0.480 e. The molecule has 1 unspecified atom stereocenters. The van der Waals surface area contributed by atoms with E-state index in [4.69, 9.17) is 0 Å². The zero-order valence-corrected chi connectivity index (χ0v) is 11.7. The lowest BCUT2D eigenvalue weighted by atomic mass is 9.98. The zero-order valence-electron chi connectivity index (χ0n) is 11.7. The predicted octanol–water partition coefficient (Wildman–Crippen LogP) is 2.60. The monoisotopic (exact) mass is 286 g/mol. The van der Waals surface area contributed by atoms with Crippen LogP contribution in [0.4, 0.5) is 0 Å². The highest BCUT2D eigenvalue weighted by Gasteiger charge is 2.28. The number of hydrogen-bond acceptors (Lipinski definition) is 3. The molecule has 0 aliphatic heterocycles. The van der Waals surface area contributed by atoms with Crippen LogP contribution < -0.4 is 5.56 Å². The molecule has 1 atom stereocenters. The molecule has 110 valence electrons. The van der Waals surface area contributed by atoms with Crippen molar-refractivity contribution in [3.8, 4) is 0 Å². The minimum absolute atomic E-state index is 0.321. The Morgan fingerprint density at radius 2 is 2.05 bits per heavy atom. The van der Waals surface area contributed by atoms with Crippen LogP contribution in [0.5, 0.6) is 0 Å². The summed E-state index contributed by atoms with van der Waals surface area (Å²) in [6, 6.07) is 6.26. The summed E-state index contributed by atoms with van der Waals surface area (Å²) >= 11 is 0. The van der Waals surface area contributed by atoms with E-state index in [0.29, 0.717) is 17.7 Å². The van der Waals surface area contributed by atoms with Crippen LogP contribution in [0.25, 0.3) is 10.8 Å². The number of benzene rings is 1. The maximum Gasteiger partial charge on any atom is 0.328 e. The van der Waals surface area contributed by atoms with Crippen molar-refractivity contribution >= 4 is 16.7 Å². The predicted molar refractivity (Wildman–Crippen MR) is 79.3 cm³/mol. The molecule has 0 spiro atoms. The number of nitrogens with zero attached hydrogens (tertiary/aromatic N) is 2. The third-order valence-corrected chi connectivity index (χ3v) is 4.33. The molecule has 1 saturated carbocycles. The molecule has 1 fully saturated rings. The van der Waals surface area contributed by atoms with Crippen LogP contribution in [0.2, 0.25) is 0 Å². The second kappa shape index (κ2) is 5.68. The van der Waals surface area contributed by atoms with Crippen molar-refractivity contribution < 1.29 is 9.90 Å². The number of carboxylic acid groups (broad SMARTS) is 1. The van der Waals surface area contributed by atoms with Gasteiger partial charge >= 0.3 is 5.97 Å². The van der Waals surface area contributed by atoms with E-state index >= 15 is 0 Å². The van der Waals surface area contributed by atoms with Crippen molar-refractivity contribution in [3.63, 3.8) is 0 Å². The molecule has 5 nitrogen and oxygen atoms in total. The molecule has 0 saturated heterocycles. The molecule has 1 aromatic carbocycles. The Balaban J connectivity index is 2.00. The van der Waals surface area contributed by atoms with Gasteiger partial charge in [0.15, 0.2) is 6.04 Å². The first-order valence-electron chi connectivity index (χ1n) is 7.36. The molecule has 1 aliphatic rings. The number of fused-ring (bicyclic) bond motifs is 1. The standard InChI is InChI=1S/C16H18N2O3/c19-15-13-8-4-3-7-12(13)10-17-18(15)14(16(20)21)9-11-5-1-2-6-11/h3-4,7-8,10-11,14H,1-2,5-6,9H2,(H,20,21). The lowest BCUT2D eigenvalue weighted by molar-refractivity contribution is -0.142. The molecule has 0 radical (unpaired) electrons. The number of rotatable bonds is 4. The third kappa shape index (κ3) is 2.68. The number of aromatic nitrogens is 2. The first-order chi connectivity index (χ1) is 10.2. The van der Waals surface area contributed by atoms with Crippen LogP contribution in [0, 0.1) is 5.92 Å². The van der Waals surface area contributed by atoms with Gasteiger partial charge in [0.05, 0.1) is 11.6 Å². The molecule has 1 N–H and O–H groups in total. The van der Waals surface area contributed by atoms with E-state index in [9.17, 15) is 14.7 Å². The van der Waals surface area contributed by atoms with Gasteiger partial charge in [-0.2, -0.15) is 5.10 Å². The average Bonchev–Trinajstić information content (AvgIpc) is 2.99. The molecule has 21 heavy (non-hydrogen) atoms. The topological polar surface area (TPSA) is 72.2 Å². The molecule has 0 bridgehead atoms. The Morgan fingerprint density at radius 3 is 2.76 bits per heavy atom. The summed E-state index contributed by atoms with van der Waals surface area (Å²) < 4.78 is 1.14. The van der Waals surface area contributed by atoms with Crippen LogP contribution in [-0.2, 0) is 4.79 Å². The van der Waals surface area contributed by atoms with E-state index < -0.39 is 12.0 Å². The van der Waals surface area contributed by atoms with Gasteiger partial charge in [0.25, 0.3) is 5.56 Å². The normalized spacial score (nSPS) is 17.1. The van der Waals surface area contributed by atoms with E-state index in [-0.39, 0.29) is 5.56 Å². The molecule has 2 aromatic rings. The van der Waals surface area contributed by atoms with E-state index in [1.165, 1.54) is 0 Å². The fourth-order valence-electron chi connectivity index (χ4n) is 3.19. The molecule has 1 aliphatic carbocycles. The van der Waals surface area contributed by atoms with E-state index in [1.807, 2.05) is 6.07 Å². The molecule has 0 amide bonds. The van der Waals surface area contributed by atoms with Gasteiger partial charge in [-0.05, 0) is 18.4 Å². The van der Waals surface area contributed by atoms with Crippen LogP contribution in [-0.4, -0.2) is 20.9 Å². The Hall–Kier alpha value is -2.17. The summed E-state index contributed by atoms with van der Waals surface area (Å²) in [5, 5.41) is 14.8. The lowest BCUT2D eigenvalue weighted by Gasteiger charge is -2.18. The highest BCUT2D eigenvalue weighted by atomic mass is 16.4. The minimum atomic E-state index is -0.980. The van der Waals surface area contributed by atoms with Gasteiger partial charge in [-0.3, -0.25) is 4.79 Å². The van der Waals surface area contributed by atoms with Gasteiger partial charge in [-0.25, -0.2) is 9.48 Å². The highest BCUT2D eigenvalue weighted by Crippen LogP contribution is 2.31. The maximum absolute atomic E-state index is 12.5. The smallest absolute Gasteiger partial charge is 0.328 e. The molecular formula is C16H18N2O3. The van der Waals surface area contributed by atoms with E-state index in [2.05, 4.69) is 5.10 Å². The molecule has 1 heterocycles. The number of carboxylic acids is 1. The van der Waals surface area contributed by atoms with Crippen LogP contribution in [0.3, 0.4) is 0 Å². The summed E-state index contributed by atoms with van der Waals surface area (Å²) in [6.07, 6.45) is 6.45. The van der Waals surface area contributed by atoms with Gasteiger partial charge in [0.2, 0.25) is 0 Å². The van der Waals surface area contributed by atoms with Gasteiger partial charge in [0, 0.05) is 5.39 Å². The summed E-state index contributed by atoms with van der Waals surface area (Å²) in [7, 11) is 0. The quantitative estimate of drug-likeness (QED) is 0.937. The SMILES string of the molecule is O=C(O)C(CC1CCCC1)n1ncc2ccccc2c1=O. The van der Waals surface area contributed by atoms with Crippen LogP contribution in [0.15, 0.2) is 35.3 Å². The van der Waals surface area contributed by atoms with Crippen LogP contribution >= 0.6 is 0 Å². The van der Waals surface area contributed by atoms with Crippen LogP contribution in [0.1, 0.15) is 38.1 Å². The van der Waals surface area contributed by atoms with Gasteiger partial charge < -0.3 is 5.11 Å². The zero-order chi connectivity index (χ0) is 14.8. The van der Waals surface area contributed by atoms with E-state index in [0.717, 1.165) is 35.8 Å². The van der Waals surface area contributed by atoms with Gasteiger partial charge in [-0.15, -0.1) is 0 Å². The van der Waals surface area contributed by atoms with Crippen molar-refractivity contribution in [2.75, 3.05) is 0 Å². The summed E-state index contributed by atoms with van der Waals surface area (Å²) in [4.78, 5) is 24.1.